The summed E-state index contributed by atoms with van der Waals surface area (Å²) in [7, 11) is 0. The quantitative estimate of drug-likeness (QED) is 0.770. The maximum absolute atomic E-state index is 13.8. The first-order valence-corrected chi connectivity index (χ1v) is 8.81. The summed E-state index contributed by atoms with van der Waals surface area (Å²) in [6.07, 6.45) is 0.664. The van der Waals surface area contributed by atoms with Crippen molar-refractivity contribution < 1.29 is 18.4 Å². The highest BCUT2D eigenvalue weighted by Crippen LogP contribution is 2.48. The topological polar surface area (TPSA) is 58.2 Å². The molecule has 1 aliphatic carbocycles. The van der Waals surface area contributed by atoms with Gasteiger partial charge in [0.05, 0.1) is 0 Å². The third-order valence-corrected chi connectivity index (χ3v) is 4.80. The molecule has 0 aromatic heterocycles. The van der Waals surface area contributed by atoms with Crippen LogP contribution < -0.4 is 10.6 Å². The van der Waals surface area contributed by atoms with Crippen LogP contribution in [-0.2, 0) is 15.0 Å². The highest BCUT2D eigenvalue weighted by molar-refractivity contribution is 6.17. The molecule has 0 unspecified atom stereocenters. The number of carbonyl (C=O) groups excluding carboxylic acids is 2. The lowest BCUT2D eigenvalue weighted by Gasteiger charge is -2.24. The van der Waals surface area contributed by atoms with Crippen LogP contribution in [0.3, 0.4) is 0 Å². The number of amides is 2. The lowest BCUT2D eigenvalue weighted by atomic mass is 9.85. The van der Waals surface area contributed by atoms with Crippen molar-refractivity contribution in [3.8, 4) is 0 Å². The molecule has 0 radical (unpaired) electrons. The molecule has 2 aromatic rings. The number of hydrogen-bond acceptors (Lipinski definition) is 2. The van der Waals surface area contributed by atoms with E-state index in [1.54, 1.807) is 12.1 Å². The molecule has 1 aliphatic rings. The molecular formula is C21H22F2N2O2. The van der Waals surface area contributed by atoms with Crippen molar-refractivity contribution in [2.45, 2.75) is 39.0 Å². The van der Waals surface area contributed by atoms with Crippen LogP contribution in [0.15, 0.2) is 42.5 Å². The number of nitrogens with one attached hydrogen (secondary N) is 2. The molecule has 6 heteroatoms. The molecular weight excluding hydrogens is 350 g/mol. The number of halogens is 2. The zero-order valence-corrected chi connectivity index (χ0v) is 15.5. The Morgan fingerprint density at radius 1 is 0.889 bits per heavy atom. The summed E-state index contributed by atoms with van der Waals surface area (Å²) >= 11 is 0. The first kappa shape index (κ1) is 19.0. The summed E-state index contributed by atoms with van der Waals surface area (Å²) in [5.41, 5.74) is -0.462. The van der Waals surface area contributed by atoms with E-state index in [-0.39, 0.29) is 5.41 Å². The molecule has 2 N–H and O–H groups in total. The van der Waals surface area contributed by atoms with E-state index in [0.717, 1.165) is 17.7 Å². The van der Waals surface area contributed by atoms with E-state index in [9.17, 15) is 18.4 Å². The normalized spacial score (nSPS) is 15.1. The predicted octanol–water partition coefficient (Wildman–Crippen LogP) is 4.62. The Morgan fingerprint density at radius 2 is 1.44 bits per heavy atom. The Morgan fingerprint density at radius 3 is 2.00 bits per heavy atom. The van der Waals surface area contributed by atoms with Crippen molar-refractivity contribution in [3.63, 3.8) is 0 Å². The van der Waals surface area contributed by atoms with Crippen LogP contribution in [0.1, 0.15) is 39.2 Å². The maximum Gasteiger partial charge on any atom is 0.240 e. The molecule has 0 spiro atoms. The molecule has 3 rings (SSSR count). The van der Waals surface area contributed by atoms with E-state index in [2.05, 4.69) is 10.6 Å². The number of para-hydroxylation sites is 2. The smallest absolute Gasteiger partial charge is 0.240 e. The van der Waals surface area contributed by atoms with Crippen LogP contribution in [0, 0.1) is 17.0 Å². The van der Waals surface area contributed by atoms with Gasteiger partial charge in [-0.2, -0.15) is 0 Å². The van der Waals surface area contributed by atoms with Crippen LogP contribution in [-0.4, -0.2) is 11.8 Å². The third kappa shape index (κ3) is 3.70. The van der Waals surface area contributed by atoms with Crippen molar-refractivity contribution in [2.24, 2.45) is 5.41 Å². The van der Waals surface area contributed by atoms with Gasteiger partial charge >= 0.3 is 0 Å². The van der Waals surface area contributed by atoms with Crippen molar-refractivity contribution in [3.05, 3.63) is 59.7 Å². The first-order chi connectivity index (χ1) is 12.6. The number of benzene rings is 2. The molecule has 0 atom stereocenters. The van der Waals surface area contributed by atoms with E-state index >= 15 is 0 Å². The molecule has 27 heavy (non-hydrogen) atoms. The number of hydrogen-bond donors (Lipinski definition) is 2. The Balaban J connectivity index is 1.81. The molecule has 4 nitrogen and oxygen atoms in total. The van der Waals surface area contributed by atoms with Gasteiger partial charge in [-0.05, 0) is 42.0 Å². The van der Waals surface area contributed by atoms with E-state index in [0.29, 0.717) is 18.5 Å². The average Bonchev–Trinajstić information content (AvgIpc) is 3.40. The predicted molar refractivity (Wildman–Crippen MR) is 100 cm³/mol. The average molecular weight is 372 g/mol. The molecule has 1 fully saturated rings. The van der Waals surface area contributed by atoms with Gasteiger partial charge in [-0.1, -0.05) is 45.0 Å². The third-order valence-electron chi connectivity index (χ3n) is 4.80. The highest BCUT2D eigenvalue weighted by Gasteiger charge is 2.57. The lowest BCUT2D eigenvalue weighted by Crippen LogP contribution is -2.36. The molecule has 0 aliphatic heterocycles. The molecule has 2 amide bonds. The molecule has 2 aromatic carbocycles. The first-order valence-electron chi connectivity index (χ1n) is 8.81. The number of carbonyl (C=O) groups is 2. The monoisotopic (exact) mass is 372 g/mol. The molecule has 0 saturated heterocycles. The van der Waals surface area contributed by atoms with Crippen molar-refractivity contribution in [1.82, 2.24) is 0 Å². The Labute approximate surface area is 157 Å². The van der Waals surface area contributed by atoms with E-state index in [4.69, 9.17) is 0 Å². The van der Waals surface area contributed by atoms with Gasteiger partial charge in [0.15, 0.2) is 0 Å². The minimum absolute atomic E-state index is 0.195. The lowest BCUT2D eigenvalue weighted by molar-refractivity contribution is -0.131. The Bertz CT molecular complexity index is 879. The van der Waals surface area contributed by atoms with Crippen LogP contribution in [0.4, 0.5) is 20.2 Å². The fourth-order valence-corrected chi connectivity index (χ4v) is 3.02. The molecule has 1 saturated carbocycles. The van der Waals surface area contributed by atoms with Crippen molar-refractivity contribution in [2.75, 3.05) is 10.6 Å². The standard InChI is InChI=1S/C21H22F2N2O2/c1-20(2,3)13-7-4-5-10-16(13)24-18(26)21(11-12-21)19(27)25-17-14(22)8-6-9-15(17)23/h4-10H,11-12H2,1-3H3,(H,24,26)(H,25,27). The van der Waals surface area contributed by atoms with Gasteiger partial charge in [0, 0.05) is 5.69 Å². The number of rotatable bonds is 4. The minimum atomic E-state index is -1.31. The summed E-state index contributed by atoms with van der Waals surface area (Å²) in [6.45, 7) is 6.08. The van der Waals surface area contributed by atoms with E-state index in [1.807, 2.05) is 32.9 Å². The Hall–Kier alpha value is -2.76. The summed E-state index contributed by atoms with van der Waals surface area (Å²) in [4.78, 5) is 25.4. The summed E-state index contributed by atoms with van der Waals surface area (Å²) in [6, 6.07) is 10.7. The largest absolute Gasteiger partial charge is 0.325 e. The van der Waals surface area contributed by atoms with Crippen LogP contribution in [0.5, 0.6) is 0 Å². The van der Waals surface area contributed by atoms with Crippen LogP contribution in [0.25, 0.3) is 0 Å². The minimum Gasteiger partial charge on any atom is -0.325 e. The molecule has 0 bridgehead atoms. The van der Waals surface area contributed by atoms with Gasteiger partial charge in [0.25, 0.3) is 0 Å². The van der Waals surface area contributed by atoms with Gasteiger partial charge in [0.2, 0.25) is 11.8 Å². The van der Waals surface area contributed by atoms with Crippen molar-refractivity contribution in [1.29, 1.82) is 0 Å². The SMILES string of the molecule is CC(C)(C)c1ccccc1NC(=O)C1(C(=O)Nc2c(F)cccc2F)CC1. The van der Waals surface area contributed by atoms with Gasteiger partial charge in [-0.15, -0.1) is 0 Å². The fourth-order valence-electron chi connectivity index (χ4n) is 3.02. The second-order valence-electron chi connectivity index (χ2n) is 7.88. The second kappa shape index (κ2) is 6.76. The van der Waals surface area contributed by atoms with Gasteiger partial charge in [-0.3, -0.25) is 9.59 Å². The zero-order chi connectivity index (χ0) is 19.8. The zero-order valence-electron chi connectivity index (χ0n) is 15.5. The molecule has 142 valence electrons. The van der Waals surface area contributed by atoms with Gasteiger partial charge < -0.3 is 10.6 Å². The summed E-state index contributed by atoms with van der Waals surface area (Å²) < 4.78 is 27.6. The second-order valence-corrected chi connectivity index (χ2v) is 7.88. The highest BCUT2D eigenvalue weighted by atomic mass is 19.1. The molecule has 0 heterocycles. The summed E-state index contributed by atoms with van der Waals surface area (Å²) in [5.74, 6) is -2.92. The fraction of sp³-hybridized carbons (Fsp3) is 0.333. The van der Waals surface area contributed by atoms with Gasteiger partial charge in [-0.25, -0.2) is 8.78 Å². The van der Waals surface area contributed by atoms with E-state index < -0.39 is 34.6 Å². The Kier molecular flexibility index (Phi) is 4.76. The number of anilines is 2. The van der Waals surface area contributed by atoms with Gasteiger partial charge in [0.1, 0.15) is 22.7 Å². The van der Waals surface area contributed by atoms with Crippen molar-refractivity contribution >= 4 is 23.2 Å². The van der Waals surface area contributed by atoms with Crippen LogP contribution in [0.2, 0.25) is 0 Å². The van der Waals surface area contributed by atoms with Crippen LogP contribution >= 0.6 is 0 Å². The maximum atomic E-state index is 13.8. The summed E-state index contributed by atoms with van der Waals surface area (Å²) in [5, 5.41) is 5.07. The van der Waals surface area contributed by atoms with E-state index in [1.165, 1.54) is 6.07 Å².